The number of benzene rings is 1. The van der Waals surface area contributed by atoms with Crippen molar-refractivity contribution in [3.8, 4) is 0 Å². The molecule has 1 aliphatic heterocycles. The van der Waals surface area contributed by atoms with Crippen LogP contribution in [-0.2, 0) is 9.53 Å². The van der Waals surface area contributed by atoms with Gasteiger partial charge in [0.2, 0.25) is 5.91 Å². The van der Waals surface area contributed by atoms with Crippen LogP contribution in [0.4, 0.5) is 10.5 Å². The molecule has 3 rings (SSSR count). The summed E-state index contributed by atoms with van der Waals surface area (Å²) in [5.74, 6) is 0.835. The van der Waals surface area contributed by atoms with Gasteiger partial charge in [0.05, 0.1) is 0 Å². The molecule has 26 heavy (non-hydrogen) atoms. The van der Waals surface area contributed by atoms with Crippen molar-refractivity contribution in [1.29, 1.82) is 0 Å². The number of nitrogens with one attached hydrogen (secondary N) is 1. The SMILES string of the molecule is CSC(=NC(=O)OC(C)(C)C)NC(=O)C1C2CC2CN1c1ccccc1. The van der Waals surface area contributed by atoms with Crippen LogP contribution in [0.25, 0.3) is 0 Å². The topological polar surface area (TPSA) is 71.0 Å². The molecule has 0 radical (unpaired) electrons. The molecule has 1 N–H and O–H groups in total. The van der Waals surface area contributed by atoms with Gasteiger partial charge in [0.15, 0.2) is 5.17 Å². The Bertz CT molecular complexity index is 714. The summed E-state index contributed by atoms with van der Waals surface area (Å²) in [4.78, 5) is 30.9. The van der Waals surface area contributed by atoms with Gasteiger partial charge in [0.25, 0.3) is 0 Å². The predicted molar refractivity (Wildman–Crippen MR) is 104 cm³/mol. The molecule has 1 aliphatic carbocycles. The number of carbonyl (C=O) groups excluding carboxylic acids is 2. The molecule has 2 amide bonds. The number of hydrogen-bond acceptors (Lipinski definition) is 5. The Morgan fingerprint density at radius 3 is 2.58 bits per heavy atom. The van der Waals surface area contributed by atoms with Crippen molar-refractivity contribution in [2.24, 2.45) is 16.8 Å². The normalized spacial score (nSPS) is 24.8. The smallest absolute Gasteiger partial charge is 0.436 e. The molecule has 6 nitrogen and oxygen atoms in total. The van der Waals surface area contributed by atoms with Gasteiger partial charge in [-0.3, -0.25) is 4.79 Å². The van der Waals surface area contributed by atoms with E-state index in [1.54, 1.807) is 27.0 Å². The molecule has 7 heteroatoms. The van der Waals surface area contributed by atoms with Gasteiger partial charge in [0.1, 0.15) is 11.6 Å². The number of amidine groups is 1. The second-order valence-corrected chi connectivity index (χ2v) is 8.48. The van der Waals surface area contributed by atoms with E-state index in [1.165, 1.54) is 11.8 Å². The molecule has 3 atom stereocenters. The first-order chi connectivity index (χ1) is 12.3. The monoisotopic (exact) mass is 375 g/mol. The lowest BCUT2D eigenvalue weighted by atomic mass is 10.1. The summed E-state index contributed by atoms with van der Waals surface area (Å²) in [6.45, 7) is 6.23. The summed E-state index contributed by atoms with van der Waals surface area (Å²) < 4.78 is 5.20. The van der Waals surface area contributed by atoms with Crippen molar-refractivity contribution in [2.45, 2.75) is 38.8 Å². The highest BCUT2D eigenvalue weighted by Crippen LogP contribution is 2.50. The van der Waals surface area contributed by atoms with Crippen molar-refractivity contribution in [2.75, 3.05) is 17.7 Å². The number of piperidine rings is 1. The van der Waals surface area contributed by atoms with Gasteiger partial charge in [-0.2, -0.15) is 4.99 Å². The van der Waals surface area contributed by atoms with Crippen LogP contribution in [0.3, 0.4) is 0 Å². The Kier molecular flexibility index (Phi) is 5.27. The van der Waals surface area contributed by atoms with E-state index in [1.807, 2.05) is 30.3 Å². The molecular weight excluding hydrogens is 350 g/mol. The lowest BCUT2D eigenvalue weighted by molar-refractivity contribution is -0.121. The quantitative estimate of drug-likeness (QED) is 0.634. The number of thioether (sulfide) groups is 1. The molecule has 1 aromatic carbocycles. The first kappa shape index (κ1) is 18.8. The number of amides is 2. The molecular formula is C19H25N3O3S. The van der Waals surface area contributed by atoms with E-state index >= 15 is 0 Å². The number of aliphatic imine (C=N–C) groups is 1. The van der Waals surface area contributed by atoms with Crippen molar-refractivity contribution in [3.05, 3.63) is 30.3 Å². The summed E-state index contributed by atoms with van der Waals surface area (Å²) in [5.41, 5.74) is 0.430. The summed E-state index contributed by atoms with van der Waals surface area (Å²) in [6, 6.07) is 9.74. The van der Waals surface area contributed by atoms with Crippen LogP contribution in [0.5, 0.6) is 0 Å². The minimum Gasteiger partial charge on any atom is -0.442 e. The third-order valence-corrected chi connectivity index (χ3v) is 5.10. The van der Waals surface area contributed by atoms with Gasteiger partial charge in [-0.15, -0.1) is 0 Å². The van der Waals surface area contributed by atoms with Crippen molar-refractivity contribution in [1.82, 2.24) is 5.32 Å². The van der Waals surface area contributed by atoms with E-state index in [9.17, 15) is 9.59 Å². The molecule has 1 saturated heterocycles. The largest absolute Gasteiger partial charge is 0.442 e. The van der Waals surface area contributed by atoms with Gasteiger partial charge in [0, 0.05) is 12.2 Å². The highest BCUT2D eigenvalue weighted by molar-refractivity contribution is 8.13. The Morgan fingerprint density at radius 2 is 1.96 bits per heavy atom. The van der Waals surface area contributed by atoms with E-state index in [4.69, 9.17) is 4.74 Å². The van der Waals surface area contributed by atoms with Gasteiger partial charge in [-0.1, -0.05) is 30.0 Å². The third kappa shape index (κ3) is 4.38. The zero-order valence-corrected chi connectivity index (χ0v) is 16.4. The fourth-order valence-electron chi connectivity index (χ4n) is 3.36. The number of carbonyl (C=O) groups is 2. The number of para-hydroxylation sites is 1. The van der Waals surface area contributed by atoms with E-state index in [2.05, 4.69) is 15.2 Å². The second-order valence-electron chi connectivity index (χ2n) is 7.68. The van der Waals surface area contributed by atoms with Gasteiger partial charge >= 0.3 is 6.09 Å². The van der Waals surface area contributed by atoms with E-state index in [0.717, 1.165) is 18.7 Å². The fraction of sp³-hybridized carbons (Fsp3) is 0.526. The van der Waals surface area contributed by atoms with Crippen molar-refractivity contribution >= 4 is 34.6 Å². The minimum absolute atomic E-state index is 0.115. The minimum atomic E-state index is -0.696. The Morgan fingerprint density at radius 1 is 1.27 bits per heavy atom. The number of rotatable bonds is 2. The summed E-state index contributed by atoms with van der Waals surface area (Å²) in [7, 11) is 0. The molecule has 140 valence electrons. The third-order valence-electron chi connectivity index (χ3n) is 4.52. The van der Waals surface area contributed by atoms with Crippen LogP contribution < -0.4 is 10.2 Å². The standard InChI is InChI=1S/C19H25N3O3S/c1-19(2,3)25-18(24)21-17(26-4)20-16(23)15-14-10-12(14)11-22(15)13-8-6-5-7-9-13/h5-9,12,14-15H,10-11H2,1-4H3,(H,20,21,23,24). The number of anilines is 1. The van der Waals surface area contributed by atoms with Gasteiger partial charge in [-0.25, -0.2) is 4.79 Å². The molecule has 1 heterocycles. The molecule has 0 aromatic heterocycles. The summed E-state index contributed by atoms with van der Waals surface area (Å²) in [6.07, 6.45) is 2.16. The van der Waals surface area contributed by atoms with Crippen LogP contribution in [-0.4, -0.2) is 41.6 Å². The summed E-state index contributed by atoms with van der Waals surface area (Å²) in [5, 5.41) is 3.08. The Balaban J connectivity index is 1.70. The van der Waals surface area contributed by atoms with Gasteiger partial charge in [-0.05, 0) is 57.4 Å². The Labute approximate surface area is 158 Å². The maximum atomic E-state index is 12.9. The zero-order chi connectivity index (χ0) is 18.9. The van der Waals surface area contributed by atoms with Crippen LogP contribution in [0, 0.1) is 11.8 Å². The highest BCUT2D eigenvalue weighted by atomic mass is 32.2. The first-order valence-corrected chi connectivity index (χ1v) is 9.99. The van der Waals surface area contributed by atoms with Gasteiger partial charge < -0.3 is 15.0 Å². The maximum Gasteiger partial charge on any atom is 0.436 e. The Hall–Kier alpha value is -2.02. The molecule has 3 unspecified atom stereocenters. The van der Waals surface area contributed by atoms with E-state index < -0.39 is 11.7 Å². The molecule has 0 bridgehead atoms. The molecule has 2 fully saturated rings. The second kappa shape index (κ2) is 7.31. The summed E-state index contributed by atoms with van der Waals surface area (Å²) >= 11 is 1.22. The van der Waals surface area contributed by atoms with Crippen LogP contribution in [0.1, 0.15) is 27.2 Å². The lowest BCUT2D eigenvalue weighted by Crippen LogP contribution is -2.47. The molecule has 2 aliphatic rings. The predicted octanol–water partition coefficient (Wildman–Crippen LogP) is 3.28. The lowest BCUT2D eigenvalue weighted by Gasteiger charge is -2.28. The number of nitrogens with zero attached hydrogens (tertiary/aromatic N) is 2. The van der Waals surface area contributed by atoms with Crippen LogP contribution >= 0.6 is 11.8 Å². The average Bonchev–Trinajstić information content (AvgIpc) is 3.23. The molecule has 1 saturated carbocycles. The van der Waals surface area contributed by atoms with Crippen molar-refractivity contribution < 1.29 is 14.3 Å². The highest BCUT2D eigenvalue weighted by Gasteiger charge is 2.55. The van der Waals surface area contributed by atoms with E-state index in [0.29, 0.717) is 11.8 Å². The van der Waals surface area contributed by atoms with Crippen LogP contribution in [0.2, 0.25) is 0 Å². The fourth-order valence-corrected chi connectivity index (χ4v) is 3.73. The zero-order valence-electron chi connectivity index (χ0n) is 15.6. The number of ether oxygens (including phenoxy) is 1. The molecule has 1 aromatic rings. The van der Waals surface area contributed by atoms with Crippen LogP contribution in [0.15, 0.2) is 35.3 Å². The number of fused-ring (bicyclic) bond motifs is 1. The first-order valence-electron chi connectivity index (χ1n) is 8.76. The molecule has 0 spiro atoms. The van der Waals surface area contributed by atoms with Crippen molar-refractivity contribution in [3.63, 3.8) is 0 Å². The number of hydrogen-bond donors (Lipinski definition) is 1. The average molecular weight is 375 g/mol. The van der Waals surface area contributed by atoms with E-state index in [-0.39, 0.29) is 17.1 Å². The maximum absolute atomic E-state index is 12.9.